The summed E-state index contributed by atoms with van der Waals surface area (Å²) >= 11 is 0. The number of rotatable bonds is 6. The molecule has 0 saturated heterocycles. The third-order valence-corrected chi connectivity index (χ3v) is 3.53. The molecule has 2 rings (SSSR count). The molecule has 108 valence electrons. The van der Waals surface area contributed by atoms with Crippen LogP contribution >= 0.6 is 0 Å². The van der Waals surface area contributed by atoms with Gasteiger partial charge in [0.1, 0.15) is 11.9 Å². The van der Waals surface area contributed by atoms with Crippen LogP contribution in [-0.2, 0) is 12.8 Å². The predicted octanol–water partition coefficient (Wildman–Crippen LogP) is 3.79. The Bertz CT molecular complexity index is 597. The first-order valence-corrected chi connectivity index (χ1v) is 7.19. The third-order valence-electron chi connectivity index (χ3n) is 3.53. The molecule has 2 aromatic rings. The van der Waals surface area contributed by atoms with E-state index < -0.39 is 0 Å². The molecule has 0 spiro atoms. The van der Waals surface area contributed by atoms with Gasteiger partial charge >= 0.3 is 0 Å². The maximum Gasteiger partial charge on any atom is 0.123 e. The summed E-state index contributed by atoms with van der Waals surface area (Å²) in [5, 5.41) is 12.5. The van der Waals surface area contributed by atoms with Crippen molar-refractivity contribution in [2.75, 3.05) is 6.54 Å². The average Bonchev–Trinajstić information content (AvgIpc) is 2.53. The Morgan fingerprint density at radius 1 is 1.05 bits per heavy atom. The fraction of sp³-hybridized carbons (Fsp3) is 0.278. The Kier molecular flexibility index (Phi) is 5.48. The van der Waals surface area contributed by atoms with E-state index in [9.17, 15) is 9.65 Å². The van der Waals surface area contributed by atoms with Gasteiger partial charge in [0, 0.05) is 6.54 Å². The highest BCUT2D eigenvalue weighted by Gasteiger charge is 2.09. The Hall–Kier alpha value is -2.18. The molecule has 0 amide bonds. The highest BCUT2D eigenvalue weighted by Crippen LogP contribution is 2.14. The van der Waals surface area contributed by atoms with Gasteiger partial charge in [0.25, 0.3) is 0 Å². The van der Waals surface area contributed by atoms with E-state index in [2.05, 4.69) is 30.4 Å². The van der Waals surface area contributed by atoms with Crippen LogP contribution in [0.25, 0.3) is 0 Å². The van der Waals surface area contributed by atoms with Crippen molar-refractivity contribution >= 4 is 0 Å². The van der Waals surface area contributed by atoms with E-state index in [0.717, 1.165) is 24.0 Å². The monoisotopic (exact) mass is 282 g/mol. The van der Waals surface area contributed by atoms with Crippen LogP contribution in [0.15, 0.2) is 48.5 Å². The van der Waals surface area contributed by atoms with Crippen LogP contribution in [-0.4, -0.2) is 6.54 Å². The maximum absolute atomic E-state index is 12.8. The molecule has 0 aromatic heterocycles. The van der Waals surface area contributed by atoms with Gasteiger partial charge in [-0.05, 0) is 41.7 Å². The molecule has 0 radical (unpaired) electrons. The van der Waals surface area contributed by atoms with Crippen LogP contribution in [0, 0.1) is 17.1 Å². The number of aryl methyl sites for hydroxylation is 1. The van der Waals surface area contributed by atoms with Crippen LogP contribution in [0.5, 0.6) is 0 Å². The number of nitrogens with one attached hydrogen (secondary N) is 1. The topological polar surface area (TPSA) is 35.8 Å². The van der Waals surface area contributed by atoms with E-state index in [0.29, 0.717) is 6.54 Å². The molecule has 2 aromatic carbocycles. The van der Waals surface area contributed by atoms with Crippen molar-refractivity contribution < 1.29 is 4.39 Å². The van der Waals surface area contributed by atoms with Gasteiger partial charge < -0.3 is 0 Å². The van der Waals surface area contributed by atoms with Gasteiger partial charge in [-0.3, -0.25) is 5.32 Å². The first-order chi connectivity index (χ1) is 10.2. The van der Waals surface area contributed by atoms with Crippen molar-refractivity contribution in [2.45, 2.75) is 25.8 Å². The molecule has 1 N–H and O–H groups in total. The first-order valence-electron chi connectivity index (χ1n) is 7.19. The van der Waals surface area contributed by atoms with E-state index in [1.165, 1.54) is 17.7 Å². The molecule has 1 atom stereocenters. The molecule has 0 fully saturated rings. The molecule has 1 unspecified atom stereocenters. The minimum absolute atomic E-state index is 0.224. The fourth-order valence-corrected chi connectivity index (χ4v) is 2.20. The van der Waals surface area contributed by atoms with Crippen LogP contribution in [0.4, 0.5) is 4.39 Å². The molecule has 0 aliphatic carbocycles. The van der Waals surface area contributed by atoms with Crippen molar-refractivity contribution in [1.82, 2.24) is 5.32 Å². The van der Waals surface area contributed by atoms with Gasteiger partial charge in [-0.25, -0.2) is 4.39 Å². The summed E-state index contributed by atoms with van der Waals surface area (Å²) in [6.45, 7) is 2.79. The van der Waals surface area contributed by atoms with E-state index >= 15 is 0 Å². The van der Waals surface area contributed by atoms with E-state index in [-0.39, 0.29) is 11.9 Å². The maximum atomic E-state index is 12.8. The minimum Gasteiger partial charge on any atom is -0.298 e. The van der Waals surface area contributed by atoms with Crippen molar-refractivity contribution in [3.8, 4) is 6.07 Å². The third kappa shape index (κ3) is 4.40. The summed E-state index contributed by atoms with van der Waals surface area (Å²) in [5.41, 5.74) is 3.30. The van der Waals surface area contributed by atoms with Gasteiger partial charge in [0.2, 0.25) is 0 Å². The van der Waals surface area contributed by atoms with Gasteiger partial charge in [-0.2, -0.15) is 5.26 Å². The molecule has 0 aliphatic heterocycles. The molecule has 0 bridgehead atoms. The Labute approximate surface area is 125 Å². The van der Waals surface area contributed by atoms with Gasteiger partial charge in [0.15, 0.2) is 0 Å². The zero-order chi connectivity index (χ0) is 15.1. The lowest BCUT2D eigenvalue weighted by Gasteiger charge is -2.12. The van der Waals surface area contributed by atoms with Crippen LogP contribution < -0.4 is 5.32 Å². The van der Waals surface area contributed by atoms with Gasteiger partial charge in [0.05, 0.1) is 6.07 Å². The van der Waals surface area contributed by atoms with Crippen molar-refractivity contribution in [1.29, 1.82) is 5.26 Å². The van der Waals surface area contributed by atoms with Crippen molar-refractivity contribution in [3.05, 3.63) is 71.0 Å². The van der Waals surface area contributed by atoms with Crippen LogP contribution in [0.2, 0.25) is 0 Å². The molecule has 0 saturated carbocycles. The normalized spacial score (nSPS) is 11.9. The number of nitriles is 1. The molecule has 2 nitrogen and oxygen atoms in total. The zero-order valence-corrected chi connectivity index (χ0v) is 12.1. The highest BCUT2D eigenvalue weighted by atomic mass is 19.1. The number of hydrogen-bond donors (Lipinski definition) is 1. The molecule has 0 heterocycles. The van der Waals surface area contributed by atoms with Gasteiger partial charge in [-0.15, -0.1) is 0 Å². The van der Waals surface area contributed by atoms with E-state index in [1.807, 2.05) is 12.1 Å². The Morgan fingerprint density at radius 3 is 2.24 bits per heavy atom. The second kappa shape index (κ2) is 7.56. The number of nitrogens with zero attached hydrogens (tertiary/aromatic N) is 1. The number of hydrogen-bond acceptors (Lipinski definition) is 2. The smallest absolute Gasteiger partial charge is 0.123 e. The zero-order valence-electron chi connectivity index (χ0n) is 12.1. The Balaban J connectivity index is 1.90. The average molecular weight is 282 g/mol. The lowest BCUT2D eigenvalue weighted by molar-refractivity contribution is 0.620. The predicted molar refractivity (Wildman–Crippen MR) is 82.3 cm³/mol. The quantitative estimate of drug-likeness (QED) is 0.875. The summed E-state index contributed by atoms with van der Waals surface area (Å²) in [6, 6.07) is 16.5. The molecular weight excluding hydrogens is 263 g/mol. The van der Waals surface area contributed by atoms with Crippen molar-refractivity contribution in [3.63, 3.8) is 0 Å². The van der Waals surface area contributed by atoms with Crippen LogP contribution in [0.3, 0.4) is 0 Å². The summed E-state index contributed by atoms with van der Waals surface area (Å²) in [7, 11) is 0. The summed E-state index contributed by atoms with van der Waals surface area (Å²) in [6.07, 6.45) is 1.76. The van der Waals surface area contributed by atoms with E-state index in [4.69, 9.17) is 0 Å². The summed E-state index contributed by atoms with van der Waals surface area (Å²) in [4.78, 5) is 0. The SMILES string of the molecule is CCc1ccc(C(C#N)NCCc2ccc(F)cc2)cc1. The molecule has 3 heteroatoms. The Morgan fingerprint density at radius 2 is 1.67 bits per heavy atom. The lowest BCUT2D eigenvalue weighted by atomic mass is 10.0. The second-order valence-corrected chi connectivity index (χ2v) is 4.99. The molecule has 0 aliphatic rings. The highest BCUT2D eigenvalue weighted by molar-refractivity contribution is 5.28. The van der Waals surface area contributed by atoms with Crippen molar-refractivity contribution in [2.24, 2.45) is 0 Å². The summed E-state index contributed by atoms with van der Waals surface area (Å²) < 4.78 is 12.8. The lowest BCUT2D eigenvalue weighted by Crippen LogP contribution is -2.22. The number of benzene rings is 2. The molecular formula is C18H19FN2. The standard InChI is InChI=1S/C18H19FN2/c1-2-14-3-7-16(8-4-14)18(13-20)21-12-11-15-5-9-17(19)10-6-15/h3-10,18,21H,2,11-12H2,1H3. The first kappa shape index (κ1) is 15.2. The van der Waals surface area contributed by atoms with Gasteiger partial charge in [-0.1, -0.05) is 43.3 Å². The fourth-order valence-electron chi connectivity index (χ4n) is 2.20. The summed E-state index contributed by atoms with van der Waals surface area (Å²) in [5.74, 6) is -0.224. The van der Waals surface area contributed by atoms with E-state index in [1.54, 1.807) is 12.1 Å². The largest absolute Gasteiger partial charge is 0.298 e. The van der Waals surface area contributed by atoms with Crippen LogP contribution in [0.1, 0.15) is 29.7 Å². The number of halogens is 1. The molecule has 21 heavy (non-hydrogen) atoms. The minimum atomic E-state index is -0.309. The second-order valence-electron chi connectivity index (χ2n) is 4.99.